The molecule has 0 saturated carbocycles. The molecule has 2 rings (SSSR count). The number of ether oxygens (including phenoxy) is 4. The Labute approximate surface area is 232 Å². The zero-order valence-electron chi connectivity index (χ0n) is 24.0. The third-order valence-corrected chi connectivity index (χ3v) is 6.18. The molecule has 0 heterocycles. The molecule has 2 aromatic carbocycles. The van der Waals surface area contributed by atoms with Crippen LogP contribution in [0.3, 0.4) is 0 Å². The quantitative estimate of drug-likeness (QED) is 0.208. The van der Waals surface area contributed by atoms with Crippen LogP contribution in [0.15, 0.2) is 55.6 Å². The molecule has 212 valence electrons. The molecule has 0 radical (unpaired) electrons. The van der Waals surface area contributed by atoms with Crippen molar-refractivity contribution >= 4 is 11.7 Å². The average Bonchev–Trinajstić information content (AvgIpc) is 2.94. The Balaban J connectivity index is 2.71. The van der Waals surface area contributed by atoms with Gasteiger partial charge < -0.3 is 28.7 Å². The number of ketones is 1. The highest BCUT2D eigenvalue weighted by molar-refractivity contribution is 6.12. The second-order valence-corrected chi connectivity index (χ2v) is 9.17. The molecule has 0 fully saturated rings. The van der Waals surface area contributed by atoms with Crippen LogP contribution < -0.4 is 14.2 Å². The summed E-state index contributed by atoms with van der Waals surface area (Å²) in [4.78, 5) is 31.6. The summed E-state index contributed by atoms with van der Waals surface area (Å²) < 4.78 is 22.5. The topological polar surface area (TPSA) is 77.5 Å². The van der Waals surface area contributed by atoms with Gasteiger partial charge in [0.1, 0.15) is 30.5 Å². The molecule has 0 aliphatic heterocycles. The Morgan fingerprint density at radius 3 is 2.08 bits per heavy atom. The number of hydrogen-bond donors (Lipinski definition) is 0. The molecule has 0 spiro atoms. The minimum absolute atomic E-state index is 0.00722. The molecule has 0 unspecified atom stereocenters. The monoisotopic (exact) mass is 538 g/mol. The van der Waals surface area contributed by atoms with Gasteiger partial charge in [0.2, 0.25) is 5.91 Å². The number of benzene rings is 2. The first-order valence-corrected chi connectivity index (χ1v) is 13.1. The van der Waals surface area contributed by atoms with E-state index in [0.717, 1.165) is 5.56 Å². The van der Waals surface area contributed by atoms with Gasteiger partial charge in [-0.15, -0.1) is 0 Å². The van der Waals surface area contributed by atoms with E-state index in [4.69, 9.17) is 18.9 Å². The number of nitrogens with zero attached hydrogens (tertiary/aromatic N) is 2. The highest BCUT2D eigenvalue weighted by atomic mass is 16.5. The van der Waals surface area contributed by atoms with Gasteiger partial charge in [-0.2, -0.15) is 0 Å². The number of carbonyl (C=O) groups is 2. The molecule has 0 aliphatic rings. The summed E-state index contributed by atoms with van der Waals surface area (Å²) >= 11 is 0. The van der Waals surface area contributed by atoms with Gasteiger partial charge in [-0.25, -0.2) is 0 Å². The lowest BCUT2D eigenvalue weighted by Crippen LogP contribution is -2.40. The van der Waals surface area contributed by atoms with E-state index < -0.39 is 0 Å². The summed E-state index contributed by atoms with van der Waals surface area (Å²) in [6.07, 6.45) is 3.82. The van der Waals surface area contributed by atoms with E-state index in [1.54, 1.807) is 61.6 Å². The summed E-state index contributed by atoms with van der Waals surface area (Å²) in [6, 6.07) is 8.61. The molecule has 0 N–H and O–H groups in total. The van der Waals surface area contributed by atoms with Crippen LogP contribution in [-0.4, -0.2) is 89.3 Å². The van der Waals surface area contributed by atoms with Gasteiger partial charge >= 0.3 is 0 Å². The predicted molar refractivity (Wildman–Crippen MR) is 154 cm³/mol. The molecular formula is C31H42N2O6. The molecule has 8 heteroatoms. The largest absolute Gasteiger partial charge is 0.497 e. The number of amides is 1. The first-order valence-electron chi connectivity index (χ1n) is 13.1. The van der Waals surface area contributed by atoms with E-state index in [0.29, 0.717) is 66.6 Å². The van der Waals surface area contributed by atoms with Crippen molar-refractivity contribution in [1.29, 1.82) is 0 Å². The van der Waals surface area contributed by atoms with E-state index in [9.17, 15) is 9.59 Å². The maximum absolute atomic E-state index is 14.0. The first kappa shape index (κ1) is 31.6. The molecule has 1 amide bonds. The van der Waals surface area contributed by atoms with Crippen LogP contribution in [0.25, 0.3) is 0 Å². The van der Waals surface area contributed by atoms with Crippen molar-refractivity contribution in [3.63, 3.8) is 0 Å². The molecule has 0 atom stereocenters. The van der Waals surface area contributed by atoms with E-state index in [2.05, 4.69) is 13.2 Å². The van der Waals surface area contributed by atoms with Gasteiger partial charge in [0.25, 0.3) is 0 Å². The fourth-order valence-corrected chi connectivity index (χ4v) is 4.13. The third-order valence-electron chi connectivity index (χ3n) is 6.18. The summed E-state index contributed by atoms with van der Waals surface area (Å²) in [7, 11) is 7.11. The lowest BCUT2D eigenvalue weighted by Gasteiger charge is -2.26. The van der Waals surface area contributed by atoms with Gasteiger partial charge in [-0.3, -0.25) is 9.59 Å². The minimum atomic E-state index is -0.249. The van der Waals surface area contributed by atoms with Crippen molar-refractivity contribution < 1.29 is 28.5 Å². The minimum Gasteiger partial charge on any atom is -0.497 e. The number of carbonyl (C=O) groups excluding carboxylic acids is 2. The Morgan fingerprint density at radius 1 is 0.897 bits per heavy atom. The number of rotatable bonds is 18. The predicted octanol–water partition coefficient (Wildman–Crippen LogP) is 4.20. The Morgan fingerprint density at radius 2 is 1.54 bits per heavy atom. The van der Waals surface area contributed by atoms with E-state index >= 15 is 0 Å². The van der Waals surface area contributed by atoms with Crippen molar-refractivity contribution in [2.24, 2.45) is 0 Å². The first-order chi connectivity index (χ1) is 18.8. The van der Waals surface area contributed by atoms with Gasteiger partial charge in [0.15, 0.2) is 5.78 Å². The normalized spacial score (nSPS) is 10.7. The van der Waals surface area contributed by atoms with Crippen molar-refractivity contribution in [2.45, 2.75) is 19.8 Å². The zero-order chi connectivity index (χ0) is 28.8. The number of methoxy groups -OCH3 is 2. The third kappa shape index (κ3) is 8.97. The van der Waals surface area contributed by atoms with Gasteiger partial charge in [0.05, 0.1) is 25.7 Å². The van der Waals surface area contributed by atoms with Gasteiger partial charge in [0, 0.05) is 38.4 Å². The number of likely N-dealkylation sites (N-methyl/N-ethyl adjacent to an activating group) is 1. The van der Waals surface area contributed by atoms with E-state index in [1.807, 2.05) is 25.9 Å². The van der Waals surface area contributed by atoms with Crippen LogP contribution in [0.5, 0.6) is 17.2 Å². The summed E-state index contributed by atoms with van der Waals surface area (Å²) in [6.45, 7) is 12.0. The Hall–Kier alpha value is -3.62. The Kier molecular flexibility index (Phi) is 13.3. The standard InChI is InChI=1S/C31H42N2O6/c1-8-18-38-27-22-28(39-19-9-2)30(31(35)23-11-13-24(37-7)14-12-23)26(25(27)10-3)21-29(34)33(17-20-36-6)16-15-32(4)5/h8-9,11-14,22H,1-2,10,15-21H2,3-7H3. The zero-order valence-corrected chi connectivity index (χ0v) is 24.0. The average molecular weight is 539 g/mol. The molecule has 0 saturated heterocycles. The SMILES string of the molecule is C=CCOc1cc(OCC=C)c(C(=O)c2ccc(OC)cc2)c(CC(=O)N(CCOC)CCN(C)C)c1CC. The fraction of sp³-hybridized carbons (Fsp3) is 0.419. The van der Waals surface area contributed by atoms with Crippen molar-refractivity contribution in [3.05, 3.63) is 77.9 Å². The Bertz CT molecular complexity index is 1110. The summed E-state index contributed by atoms with van der Waals surface area (Å²) in [5.41, 5.74) is 2.18. The van der Waals surface area contributed by atoms with Crippen LogP contribution in [0, 0.1) is 0 Å². The van der Waals surface area contributed by atoms with E-state index in [-0.39, 0.29) is 31.3 Å². The molecule has 2 aromatic rings. The van der Waals surface area contributed by atoms with Crippen LogP contribution in [0.4, 0.5) is 0 Å². The van der Waals surface area contributed by atoms with Gasteiger partial charge in [-0.1, -0.05) is 32.2 Å². The second kappa shape index (κ2) is 16.4. The molecule has 0 aromatic heterocycles. The molecule has 0 aliphatic carbocycles. The van der Waals surface area contributed by atoms with Crippen LogP contribution in [-0.2, 0) is 22.4 Å². The van der Waals surface area contributed by atoms with Crippen molar-refractivity contribution in [1.82, 2.24) is 9.80 Å². The molecule has 39 heavy (non-hydrogen) atoms. The van der Waals surface area contributed by atoms with Crippen LogP contribution in [0.1, 0.15) is 34.0 Å². The number of hydrogen-bond acceptors (Lipinski definition) is 7. The van der Waals surface area contributed by atoms with Crippen molar-refractivity contribution in [2.75, 3.05) is 67.8 Å². The highest BCUT2D eigenvalue weighted by Crippen LogP contribution is 2.37. The molecule has 0 bridgehead atoms. The van der Waals surface area contributed by atoms with Crippen molar-refractivity contribution in [3.8, 4) is 17.2 Å². The second-order valence-electron chi connectivity index (χ2n) is 9.17. The van der Waals surface area contributed by atoms with Gasteiger partial charge in [-0.05, 0) is 55.9 Å². The molecular weight excluding hydrogens is 496 g/mol. The highest BCUT2D eigenvalue weighted by Gasteiger charge is 2.28. The summed E-state index contributed by atoms with van der Waals surface area (Å²) in [5, 5.41) is 0. The smallest absolute Gasteiger partial charge is 0.227 e. The van der Waals surface area contributed by atoms with E-state index in [1.165, 1.54) is 0 Å². The summed E-state index contributed by atoms with van der Waals surface area (Å²) in [5.74, 6) is 1.18. The molecule has 8 nitrogen and oxygen atoms in total. The van der Waals surface area contributed by atoms with Crippen LogP contribution >= 0.6 is 0 Å². The lowest BCUT2D eigenvalue weighted by molar-refractivity contribution is -0.131. The van der Waals surface area contributed by atoms with Crippen LogP contribution in [0.2, 0.25) is 0 Å². The maximum atomic E-state index is 14.0. The maximum Gasteiger partial charge on any atom is 0.227 e. The fourth-order valence-electron chi connectivity index (χ4n) is 4.13. The lowest BCUT2D eigenvalue weighted by atomic mass is 9.89.